The van der Waals surface area contributed by atoms with E-state index in [1.54, 1.807) is 42.7 Å². The first kappa shape index (κ1) is 18.5. The van der Waals surface area contributed by atoms with Gasteiger partial charge in [0, 0.05) is 36.4 Å². The Balaban J connectivity index is 1.43. The fourth-order valence-corrected chi connectivity index (χ4v) is 4.73. The van der Waals surface area contributed by atoms with Crippen LogP contribution in [0.4, 0.5) is 0 Å². The van der Waals surface area contributed by atoms with Gasteiger partial charge in [0.05, 0.1) is 12.0 Å². The van der Waals surface area contributed by atoms with Gasteiger partial charge in [-0.05, 0) is 48.2 Å². The smallest absolute Gasteiger partial charge is 0.264 e. The molecule has 2 heterocycles. The van der Waals surface area contributed by atoms with Crippen molar-refractivity contribution in [1.82, 2.24) is 9.80 Å². The molecular weight excluding hydrogens is 372 g/mol. The van der Waals surface area contributed by atoms with Crippen LogP contribution in [0, 0.1) is 6.92 Å². The zero-order chi connectivity index (χ0) is 19.7. The topological polar surface area (TPSA) is 49.9 Å². The molecule has 0 saturated carbocycles. The van der Waals surface area contributed by atoms with Crippen molar-refractivity contribution in [2.24, 2.45) is 0 Å². The highest BCUT2D eigenvalue weighted by atomic mass is 32.1. The largest absolute Gasteiger partial charge is 0.497 e. The monoisotopic (exact) mass is 394 g/mol. The zero-order valence-electron chi connectivity index (χ0n) is 16.0. The van der Waals surface area contributed by atoms with Crippen molar-refractivity contribution in [3.05, 3.63) is 64.5 Å². The summed E-state index contributed by atoms with van der Waals surface area (Å²) in [6, 6.07) is 15.2. The highest BCUT2D eigenvalue weighted by Gasteiger charge is 2.27. The quantitative estimate of drug-likeness (QED) is 0.679. The van der Waals surface area contributed by atoms with E-state index in [1.165, 1.54) is 0 Å². The van der Waals surface area contributed by atoms with Crippen molar-refractivity contribution in [3.8, 4) is 5.75 Å². The molecule has 28 heavy (non-hydrogen) atoms. The summed E-state index contributed by atoms with van der Waals surface area (Å²) in [6.07, 6.45) is 0. The maximum absolute atomic E-state index is 13.0. The average molecular weight is 394 g/mol. The minimum absolute atomic E-state index is 0.00667. The van der Waals surface area contributed by atoms with Crippen molar-refractivity contribution >= 4 is 33.2 Å². The zero-order valence-corrected chi connectivity index (χ0v) is 16.8. The van der Waals surface area contributed by atoms with E-state index in [-0.39, 0.29) is 11.8 Å². The van der Waals surface area contributed by atoms with Crippen LogP contribution in [0.5, 0.6) is 5.75 Å². The van der Waals surface area contributed by atoms with E-state index in [2.05, 4.69) is 12.1 Å². The van der Waals surface area contributed by atoms with Crippen LogP contribution in [-0.4, -0.2) is 54.9 Å². The highest BCUT2D eigenvalue weighted by Crippen LogP contribution is 2.31. The number of nitrogens with zero attached hydrogens (tertiary/aromatic N) is 2. The standard InChI is InChI=1S/C22H22N2O3S/c1-15-18-5-3-4-6-19(18)28-20(15)22(26)24-13-11-23(12-14-24)21(25)16-7-9-17(27-2)10-8-16/h3-10H,11-14H2,1-2H3. The molecule has 0 unspecified atom stereocenters. The Hall–Kier alpha value is -2.86. The number of fused-ring (bicyclic) bond motifs is 1. The minimum Gasteiger partial charge on any atom is -0.497 e. The van der Waals surface area contributed by atoms with Crippen LogP contribution in [0.1, 0.15) is 25.6 Å². The van der Waals surface area contributed by atoms with Crippen LogP contribution >= 0.6 is 11.3 Å². The number of carbonyl (C=O) groups is 2. The summed E-state index contributed by atoms with van der Waals surface area (Å²) in [5, 5.41) is 1.14. The number of carbonyl (C=O) groups excluding carboxylic acids is 2. The van der Waals surface area contributed by atoms with Crippen molar-refractivity contribution in [3.63, 3.8) is 0 Å². The van der Waals surface area contributed by atoms with Crippen LogP contribution in [0.15, 0.2) is 48.5 Å². The summed E-state index contributed by atoms with van der Waals surface area (Å²) >= 11 is 1.55. The third kappa shape index (κ3) is 3.36. The molecule has 0 aliphatic carbocycles. The summed E-state index contributed by atoms with van der Waals surface area (Å²) in [6.45, 7) is 4.19. The number of amides is 2. The van der Waals surface area contributed by atoms with Crippen molar-refractivity contribution < 1.29 is 14.3 Å². The van der Waals surface area contributed by atoms with E-state index in [4.69, 9.17) is 4.74 Å². The number of thiophene rings is 1. The highest BCUT2D eigenvalue weighted by molar-refractivity contribution is 7.21. The second kappa shape index (κ2) is 7.64. The molecule has 0 bridgehead atoms. The van der Waals surface area contributed by atoms with Crippen molar-refractivity contribution in [2.75, 3.05) is 33.3 Å². The molecule has 144 valence electrons. The Labute approximate surface area is 168 Å². The number of rotatable bonds is 3. The summed E-state index contributed by atoms with van der Waals surface area (Å²) in [4.78, 5) is 30.2. The van der Waals surface area contributed by atoms with Gasteiger partial charge in [0.1, 0.15) is 5.75 Å². The SMILES string of the molecule is COc1ccc(C(=O)N2CCN(C(=O)c3sc4ccccc4c3C)CC2)cc1. The number of hydrogen-bond acceptors (Lipinski definition) is 4. The minimum atomic E-state index is -0.00667. The summed E-state index contributed by atoms with van der Waals surface area (Å²) in [5.74, 6) is 0.786. The van der Waals surface area contributed by atoms with Gasteiger partial charge in [-0.25, -0.2) is 0 Å². The Bertz CT molecular complexity index is 1020. The molecule has 1 aromatic heterocycles. The van der Waals surface area contributed by atoms with E-state index in [1.807, 2.05) is 28.9 Å². The normalized spacial score (nSPS) is 14.4. The first-order valence-electron chi connectivity index (χ1n) is 9.29. The maximum atomic E-state index is 13.0. The first-order valence-corrected chi connectivity index (χ1v) is 10.1. The third-order valence-corrected chi connectivity index (χ3v) is 6.49. The molecule has 0 atom stereocenters. The fourth-order valence-electron chi connectivity index (χ4n) is 3.55. The fraction of sp³-hybridized carbons (Fsp3) is 0.273. The Morgan fingerprint density at radius 2 is 1.50 bits per heavy atom. The molecule has 2 aromatic carbocycles. The summed E-state index contributed by atoms with van der Waals surface area (Å²) < 4.78 is 6.28. The van der Waals surface area contributed by atoms with Crippen LogP contribution in [0.3, 0.4) is 0 Å². The number of ether oxygens (including phenoxy) is 1. The van der Waals surface area contributed by atoms with Gasteiger partial charge in [-0.1, -0.05) is 18.2 Å². The van der Waals surface area contributed by atoms with Gasteiger partial charge in [-0.3, -0.25) is 9.59 Å². The Morgan fingerprint density at radius 1 is 0.893 bits per heavy atom. The molecule has 1 aliphatic rings. The molecule has 1 aliphatic heterocycles. The molecule has 3 aromatic rings. The van der Waals surface area contributed by atoms with Crippen LogP contribution in [-0.2, 0) is 0 Å². The van der Waals surface area contributed by atoms with E-state index in [9.17, 15) is 9.59 Å². The van der Waals surface area contributed by atoms with Crippen LogP contribution in [0.2, 0.25) is 0 Å². The lowest BCUT2D eigenvalue weighted by molar-refractivity contribution is 0.0537. The maximum Gasteiger partial charge on any atom is 0.264 e. The van der Waals surface area contributed by atoms with Gasteiger partial charge in [0.15, 0.2) is 0 Å². The first-order chi connectivity index (χ1) is 13.6. The van der Waals surface area contributed by atoms with Crippen LogP contribution < -0.4 is 4.74 Å². The van der Waals surface area contributed by atoms with Gasteiger partial charge in [0.2, 0.25) is 0 Å². The number of hydrogen-bond donors (Lipinski definition) is 0. The molecule has 6 heteroatoms. The van der Waals surface area contributed by atoms with E-state index < -0.39 is 0 Å². The van der Waals surface area contributed by atoms with Crippen LogP contribution in [0.25, 0.3) is 10.1 Å². The number of aryl methyl sites for hydroxylation is 1. The molecule has 0 N–H and O–H groups in total. The predicted molar refractivity (Wildman–Crippen MR) is 111 cm³/mol. The second-order valence-electron chi connectivity index (χ2n) is 6.87. The molecular formula is C22H22N2O3S. The summed E-state index contributed by atoms with van der Waals surface area (Å²) in [7, 11) is 1.60. The third-order valence-electron chi connectivity index (χ3n) is 5.23. The molecule has 2 amide bonds. The number of benzene rings is 2. The molecule has 1 saturated heterocycles. The Kier molecular flexibility index (Phi) is 5.05. The lowest BCUT2D eigenvalue weighted by Gasteiger charge is -2.34. The van der Waals surface area contributed by atoms with E-state index in [0.29, 0.717) is 31.7 Å². The van der Waals surface area contributed by atoms with Gasteiger partial charge in [-0.15, -0.1) is 11.3 Å². The molecule has 0 spiro atoms. The lowest BCUT2D eigenvalue weighted by atomic mass is 10.1. The molecule has 5 nitrogen and oxygen atoms in total. The van der Waals surface area contributed by atoms with Crippen molar-refractivity contribution in [2.45, 2.75) is 6.92 Å². The summed E-state index contributed by atoms with van der Waals surface area (Å²) in [5.41, 5.74) is 1.68. The van der Waals surface area contributed by atoms with Gasteiger partial charge in [0.25, 0.3) is 11.8 Å². The molecule has 0 radical (unpaired) electrons. The van der Waals surface area contributed by atoms with Gasteiger partial charge >= 0.3 is 0 Å². The van der Waals surface area contributed by atoms with E-state index >= 15 is 0 Å². The molecule has 1 fully saturated rings. The van der Waals surface area contributed by atoms with Crippen molar-refractivity contribution in [1.29, 1.82) is 0 Å². The average Bonchev–Trinajstić information content (AvgIpc) is 3.09. The number of methoxy groups -OCH3 is 1. The number of piperazine rings is 1. The lowest BCUT2D eigenvalue weighted by Crippen LogP contribution is -2.50. The van der Waals surface area contributed by atoms with Gasteiger partial charge < -0.3 is 14.5 Å². The second-order valence-corrected chi connectivity index (χ2v) is 7.92. The van der Waals surface area contributed by atoms with Gasteiger partial charge in [-0.2, -0.15) is 0 Å². The Morgan fingerprint density at radius 3 is 2.11 bits per heavy atom. The molecule has 4 rings (SSSR count). The van der Waals surface area contributed by atoms with E-state index in [0.717, 1.165) is 26.3 Å². The predicted octanol–water partition coefficient (Wildman–Crippen LogP) is 3.82.